The molecule has 1 atom stereocenters. The van der Waals surface area contributed by atoms with Crippen molar-refractivity contribution in [2.24, 2.45) is 0 Å². The highest BCUT2D eigenvalue weighted by molar-refractivity contribution is 6.33. The molecule has 4 bridgehead atoms. The van der Waals surface area contributed by atoms with Gasteiger partial charge in [-0.1, -0.05) is 30.3 Å². The molecule has 1 amide bonds. The number of hydrogen-bond acceptors (Lipinski definition) is 3. The number of carbonyl (C=O) groups excluding carboxylic acids is 1. The second-order valence-electron chi connectivity index (χ2n) is 10.0. The zero-order valence-corrected chi connectivity index (χ0v) is 20.7. The molecular formula is C29H32N4O2. The monoisotopic (exact) mass is 468 g/mol. The minimum Gasteiger partial charge on any atom is -0.375 e. The van der Waals surface area contributed by atoms with Crippen LogP contribution in [0.25, 0.3) is 33.0 Å². The molecule has 2 aromatic heterocycles. The fourth-order valence-corrected chi connectivity index (χ4v) is 5.81. The number of nitrogens with zero attached hydrogens (tertiary/aromatic N) is 3. The third-order valence-electron chi connectivity index (χ3n) is 7.40. The van der Waals surface area contributed by atoms with Crippen LogP contribution in [-0.2, 0) is 22.6 Å². The standard InChI is InChI=1S/C29H32N4O2/c1-19-7-6-10-26-27(19)24-18-32(26)12-11-20(16-31(2)3)35-14-13-33-17-23(21-8-4-5-9-25(21)33)22-15-30-29(34)28(22)24/h4-10,17-18,20H,11-16H2,1-3H3,(H,30,34). The molecular weight excluding hydrogens is 436 g/mol. The van der Waals surface area contributed by atoms with Gasteiger partial charge in [-0.3, -0.25) is 4.79 Å². The number of rotatable bonds is 2. The molecule has 6 heteroatoms. The van der Waals surface area contributed by atoms with E-state index in [0.29, 0.717) is 13.2 Å². The van der Waals surface area contributed by atoms with Crippen LogP contribution in [-0.4, -0.2) is 59.8 Å². The van der Waals surface area contributed by atoms with Gasteiger partial charge in [0.1, 0.15) is 0 Å². The van der Waals surface area contributed by atoms with E-state index in [2.05, 4.69) is 95.2 Å². The molecule has 0 radical (unpaired) electrons. The largest absolute Gasteiger partial charge is 0.375 e. The second-order valence-corrected chi connectivity index (χ2v) is 10.0. The first-order chi connectivity index (χ1) is 17.0. The highest BCUT2D eigenvalue weighted by Gasteiger charge is 2.30. The molecule has 6 nitrogen and oxygen atoms in total. The molecule has 2 aliphatic rings. The summed E-state index contributed by atoms with van der Waals surface area (Å²) in [5.74, 6) is 0.0139. The van der Waals surface area contributed by atoms with Gasteiger partial charge in [-0.15, -0.1) is 0 Å². The zero-order valence-electron chi connectivity index (χ0n) is 20.7. The predicted molar refractivity (Wildman–Crippen MR) is 141 cm³/mol. The van der Waals surface area contributed by atoms with E-state index in [1.807, 2.05) is 0 Å². The third-order valence-corrected chi connectivity index (χ3v) is 7.40. The van der Waals surface area contributed by atoms with Gasteiger partial charge in [0.2, 0.25) is 0 Å². The van der Waals surface area contributed by atoms with Gasteiger partial charge in [0.25, 0.3) is 5.91 Å². The van der Waals surface area contributed by atoms with E-state index in [-0.39, 0.29) is 12.0 Å². The Labute approximate surface area is 205 Å². The molecule has 4 heterocycles. The van der Waals surface area contributed by atoms with Crippen molar-refractivity contribution in [2.75, 3.05) is 33.8 Å². The Bertz CT molecular complexity index is 1470. The summed E-state index contributed by atoms with van der Waals surface area (Å²) in [6.45, 7) is 5.83. The number of nitrogens with one attached hydrogen (secondary N) is 1. The Balaban J connectivity index is 1.61. The summed E-state index contributed by atoms with van der Waals surface area (Å²) in [5.41, 5.74) is 7.59. The van der Waals surface area contributed by atoms with Crippen molar-refractivity contribution < 1.29 is 9.53 Å². The van der Waals surface area contributed by atoms with Gasteiger partial charge >= 0.3 is 0 Å². The number of aryl methyl sites for hydroxylation is 2. The Morgan fingerprint density at radius 3 is 2.63 bits per heavy atom. The maximum Gasteiger partial charge on any atom is 0.252 e. The van der Waals surface area contributed by atoms with Crippen LogP contribution >= 0.6 is 0 Å². The van der Waals surface area contributed by atoms with Gasteiger partial charge in [0.15, 0.2) is 0 Å². The molecule has 0 aliphatic carbocycles. The summed E-state index contributed by atoms with van der Waals surface area (Å²) in [4.78, 5) is 15.5. The van der Waals surface area contributed by atoms with Crippen LogP contribution in [0.5, 0.6) is 0 Å². The number of benzene rings is 2. The fraction of sp³-hybridized carbons (Fsp3) is 0.345. The topological polar surface area (TPSA) is 51.4 Å². The highest BCUT2D eigenvalue weighted by Crippen LogP contribution is 2.39. The van der Waals surface area contributed by atoms with E-state index in [9.17, 15) is 4.79 Å². The summed E-state index contributed by atoms with van der Waals surface area (Å²) in [6, 6.07) is 14.9. The molecule has 1 unspecified atom stereocenters. The van der Waals surface area contributed by atoms with Crippen molar-refractivity contribution in [3.8, 4) is 0 Å². The van der Waals surface area contributed by atoms with Crippen LogP contribution < -0.4 is 5.32 Å². The number of fused-ring (bicyclic) bond motifs is 12. The quantitative estimate of drug-likeness (QED) is 0.477. The normalized spacial score (nSPS) is 18.9. The van der Waals surface area contributed by atoms with E-state index in [0.717, 1.165) is 48.3 Å². The third kappa shape index (κ3) is 3.77. The Morgan fingerprint density at radius 2 is 1.77 bits per heavy atom. The van der Waals surface area contributed by atoms with Gasteiger partial charge in [-0.2, -0.15) is 0 Å². The molecule has 0 spiro atoms. The average Bonchev–Trinajstić information content (AvgIpc) is 3.50. The molecule has 2 aromatic carbocycles. The van der Waals surface area contributed by atoms with Crippen LogP contribution in [0.3, 0.4) is 0 Å². The summed E-state index contributed by atoms with van der Waals surface area (Å²) < 4.78 is 11.0. The van der Waals surface area contributed by atoms with Gasteiger partial charge in [0, 0.05) is 71.5 Å². The lowest BCUT2D eigenvalue weighted by Gasteiger charge is -2.22. The van der Waals surface area contributed by atoms with Crippen LogP contribution in [0.2, 0.25) is 0 Å². The van der Waals surface area contributed by atoms with Crippen LogP contribution in [0.15, 0.2) is 54.9 Å². The van der Waals surface area contributed by atoms with Crippen LogP contribution in [0.4, 0.5) is 0 Å². The fourth-order valence-electron chi connectivity index (χ4n) is 5.81. The Morgan fingerprint density at radius 1 is 1.00 bits per heavy atom. The molecule has 1 N–H and O–H groups in total. The smallest absolute Gasteiger partial charge is 0.252 e. The van der Waals surface area contributed by atoms with Crippen molar-refractivity contribution in [2.45, 2.75) is 32.5 Å². The van der Waals surface area contributed by atoms with Gasteiger partial charge in [0.05, 0.1) is 18.3 Å². The highest BCUT2D eigenvalue weighted by atomic mass is 16.5. The zero-order chi connectivity index (χ0) is 24.1. The van der Waals surface area contributed by atoms with Crippen molar-refractivity contribution >= 4 is 38.9 Å². The summed E-state index contributed by atoms with van der Waals surface area (Å²) in [5, 5.41) is 5.47. The minimum absolute atomic E-state index is 0.0139. The molecule has 2 aliphatic heterocycles. The predicted octanol–water partition coefficient (Wildman–Crippen LogP) is 4.30. The van der Waals surface area contributed by atoms with Gasteiger partial charge in [-0.05, 0) is 50.7 Å². The van der Waals surface area contributed by atoms with Crippen molar-refractivity contribution in [1.29, 1.82) is 0 Å². The van der Waals surface area contributed by atoms with Crippen molar-refractivity contribution in [1.82, 2.24) is 19.4 Å². The molecule has 0 saturated carbocycles. The minimum atomic E-state index is 0.0139. The number of hydrogen-bond donors (Lipinski definition) is 1. The van der Waals surface area contributed by atoms with E-state index in [4.69, 9.17) is 4.74 Å². The first-order valence-electron chi connectivity index (χ1n) is 12.5. The maximum absolute atomic E-state index is 13.3. The number of likely N-dealkylation sites (N-methyl/N-ethyl adjacent to an activating group) is 1. The lowest BCUT2D eigenvalue weighted by Crippen LogP contribution is -2.30. The SMILES string of the molecule is Cc1cccc2c1c1cn2CCC(CN(C)C)OCCn2cc(c3ccccc32)C2=C1C(=O)NC2. The lowest BCUT2D eigenvalue weighted by molar-refractivity contribution is -0.114. The van der Waals surface area contributed by atoms with Gasteiger partial charge in [-0.25, -0.2) is 0 Å². The van der Waals surface area contributed by atoms with E-state index < -0.39 is 0 Å². The van der Waals surface area contributed by atoms with Crippen LogP contribution in [0, 0.1) is 6.92 Å². The first kappa shape index (κ1) is 22.1. The van der Waals surface area contributed by atoms with Crippen molar-refractivity contribution in [3.05, 3.63) is 71.5 Å². The van der Waals surface area contributed by atoms with Gasteiger partial charge < -0.3 is 24.1 Å². The molecule has 0 saturated heterocycles. The molecule has 180 valence electrons. The number of amides is 1. The van der Waals surface area contributed by atoms with E-state index in [1.165, 1.54) is 27.4 Å². The van der Waals surface area contributed by atoms with E-state index >= 15 is 0 Å². The van der Waals surface area contributed by atoms with Crippen molar-refractivity contribution in [3.63, 3.8) is 0 Å². The molecule has 6 rings (SSSR count). The average molecular weight is 469 g/mol. The summed E-state index contributed by atoms with van der Waals surface area (Å²) >= 11 is 0. The van der Waals surface area contributed by atoms with E-state index in [1.54, 1.807) is 0 Å². The summed E-state index contributed by atoms with van der Waals surface area (Å²) in [7, 11) is 4.19. The maximum atomic E-state index is 13.3. The number of para-hydroxylation sites is 1. The first-order valence-corrected chi connectivity index (χ1v) is 12.5. The number of ether oxygens (including phenoxy) is 1. The molecule has 4 aromatic rings. The number of carbonyl (C=O) groups is 1. The molecule has 0 fully saturated rings. The Kier molecular flexibility index (Phi) is 5.50. The van der Waals surface area contributed by atoms with Crippen LogP contribution in [0.1, 0.15) is 23.1 Å². The lowest BCUT2D eigenvalue weighted by atomic mass is 9.95. The number of aromatic nitrogens is 2. The molecule has 35 heavy (non-hydrogen) atoms. The Hall–Kier alpha value is -3.35. The second kappa shape index (κ2) is 8.70. The summed E-state index contributed by atoms with van der Waals surface area (Å²) in [6.07, 6.45) is 5.44.